The summed E-state index contributed by atoms with van der Waals surface area (Å²) in [7, 11) is 0. The Labute approximate surface area is 134 Å². The number of aromatic nitrogens is 2. The Balaban J connectivity index is 2.41. The van der Waals surface area contributed by atoms with E-state index in [1.54, 1.807) is 30.3 Å². The van der Waals surface area contributed by atoms with Crippen molar-refractivity contribution in [1.82, 2.24) is 9.55 Å². The van der Waals surface area contributed by atoms with Gasteiger partial charge in [-0.3, -0.25) is 4.57 Å². The minimum atomic E-state index is -0.980. The van der Waals surface area contributed by atoms with Gasteiger partial charge in [-0.25, -0.2) is 9.78 Å². The molecule has 3 aromatic rings. The van der Waals surface area contributed by atoms with Crippen molar-refractivity contribution in [3.8, 4) is 5.69 Å². The first-order valence-electron chi connectivity index (χ1n) is 6.16. The molecule has 0 atom stereocenters. The number of hydrogen-bond donors (Lipinski definition) is 1. The quantitative estimate of drug-likeness (QED) is 0.730. The topological polar surface area (TPSA) is 55.1 Å². The third kappa shape index (κ3) is 2.32. The molecule has 3 rings (SSSR count). The number of para-hydroxylation sites is 1. The summed E-state index contributed by atoms with van der Waals surface area (Å²) in [5.41, 5.74) is 2.24. The molecule has 21 heavy (non-hydrogen) atoms. The molecule has 0 saturated carbocycles. The van der Waals surface area contributed by atoms with E-state index in [0.29, 0.717) is 21.9 Å². The summed E-state index contributed by atoms with van der Waals surface area (Å²) in [6, 6.07) is 10.4. The van der Waals surface area contributed by atoms with E-state index in [-0.39, 0.29) is 5.56 Å². The lowest BCUT2D eigenvalue weighted by molar-refractivity contribution is 0.0698. The van der Waals surface area contributed by atoms with Crippen molar-refractivity contribution in [2.24, 2.45) is 0 Å². The van der Waals surface area contributed by atoms with Crippen LogP contribution >= 0.6 is 27.5 Å². The number of aromatic carboxylic acids is 1. The van der Waals surface area contributed by atoms with Crippen molar-refractivity contribution in [3.05, 3.63) is 57.3 Å². The van der Waals surface area contributed by atoms with Gasteiger partial charge in [0.2, 0.25) is 0 Å². The van der Waals surface area contributed by atoms with Crippen LogP contribution in [0.1, 0.15) is 16.2 Å². The molecule has 6 heteroatoms. The average Bonchev–Trinajstić information content (AvgIpc) is 2.74. The second kappa shape index (κ2) is 5.16. The minimum Gasteiger partial charge on any atom is -0.478 e. The molecule has 1 N–H and O–H groups in total. The minimum absolute atomic E-state index is 0.218. The van der Waals surface area contributed by atoms with Gasteiger partial charge < -0.3 is 5.11 Å². The van der Waals surface area contributed by atoms with Gasteiger partial charge in [0.25, 0.3) is 0 Å². The van der Waals surface area contributed by atoms with Crippen LogP contribution < -0.4 is 0 Å². The molecular formula is C15H10BrClN2O2. The zero-order valence-electron chi connectivity index (χ0n) is 11.0. The lowest BCUT2D eigenvalue weighted by atomic mass is 10.1. The summed E-state index contributed by atoms with van der Waals surface area (Å²) in [6.07, 6.45) is 0. The predicted molar refractivity (Wildman–Crippen MR) is 85.5 cm³/mol. The third-order valence-electron chi connectivity index (χ3n) is 3.23. The van der Waals surface area contributed by atoms with Crippen molar-refractivity contribution >= 4 is 44.5 Å². The smallest absolute Gasteiger partial charge is 0.337 e. The zero-order valence-corrected chi connectivity index (χ0v) is 13.3. The first kappa shape index (κ1) is 14.1. The van der Waals surface area contributed by atoms with Crippen LogP contribution in [-0.4, -0.2) is 20.6 Å². The largest absolute Gasteiger partial charge is 0.478 e. The number of aryl methyl sites for hydroxylation is 1. The van der Waals surface area contributed by atoms with Crippen molar-refractivity contribution in [1.29, 1.82) is 0 Å². The summed E-state index contributed by atoms with van der Waals surface area (Å²) in [5, 5.41) is 10.0. The third-order valence-corrected chi connectivity index (χ3v) is 4.10. The molecule has 0 saturated heterocycles. The first-order valence-corrected chi connectivity index (χ1v) is 7.33. The van der Waals surface area contributed by atoms with Crippen molar-refractivity contribution in [3.63, 3.8) is 0 Å². The van der Waals surface area contributed by atoms with Gasteiger partial charge in [-0.1, -0.05) is 17.7 Å². The molecular weight excluding hydrogens is 356 g/mol. The number of halogens is 2. The van der Waals surface area contributed by atoms with E-state index in [1.165, 1.54) is 0 Å². The highest BCUT2D eigenvalue weighted by Crippen LogP contribution is 2.30. The first-order chi connectivity index (χ1) is 9.99. The van der Waals surface area contributed by atoms with Gasteiger partial charge in [0.05, 0.1) is 22.3 Å². The number of carboxylic acids is 1. The maximum atomic E-state index is 11.5. The predicted octanol–water partition coefficient (Wildman–Crippen LogP) is 4.45. The lowest BCUT2D eigenvalue weighted by Gasteiger charge is -2.11. The van der Waals surface area contributed by atoms with Gasteiger partial charge in [0, 0.05) is 9.50 Å². The zero-order chi connectivity index (χ0) is 15.1. The van der Waals surface area contributed by atoms with E-state index in [0.717, 1.165) is 10.2 Å². The van der Waals surface area contributed by atoms with Crippen molar-refractivity contribution < 1.29 is 9.90 Å². The monoisotopic (exact) mass is 364 g/mol. The second-order valence-corrected chi connectivity index (χ2v) is 5.86. The van der Waals surface area contributed by atoms with E-state index in [9.17, 15) is 9.90 Å². The molecule has 106 valence electrons. The van der Waals surface area contributed by atoms with E-state index < -0.39 is 5.97 Å². The van der Waals surface area contributed by atoms with Crippen LogP contribution in [-0.2, 0) is 0 Å². The number of fused-ring (bicyclic) bond motifs is 1. The molecule has 1 heterocycles. The molecule has 0 amide bonds. The summed E-state index contributed by atoms with van der Waals surface area (Å²) in [4.78, 5) is 15.9. The highest BCUT2D eigenvalue weighted by atomic mass is 79.9. The molecule has 0 bridgehead atoms. The van der Waals surface area contributed by atoms with Gasteiger partial charge in [0.1, 0.15) is 5.82 Å². The van der Waals surface area contributed by atoms with Crippen LogP contribution in [0.2, 0.25) is 5.02 Å². The van der Waals surface area contributed by atoms with Crippen LogP contribution in [0, 0.1) is 6.92 Å². The molecule has 0 radical (unpaired) electrons. The molecule has 0 spiro atoms. The van der Waals surface area contributed by atoms with Crippen LogP contribution in [0.25, 0.3) is 16.7 Å². The fraction of sp³-hybridized carbons (Fsp3) is 0.0667. The van der Waals surface area contributed by atoms with Gasteiger partial charge in [-0.05, 0) is 53.2 Å². The molecule has 0 aliphatic heterocycles. The molecule has 1 aromatic heterocycles. The van der Waals surface area contributed by atoms with Crippen LogP contribution in [0.3, 0.4) is 0 Å². The molecule has 0 aliphatic rings. The number of nitrogens with zero attached hydrogens (tertiary/aromatic N) is 2. The van der Waals surface area contributed by atoms with Crippen LogP contribution in [0.15, 0.2) is 40.9 Å². The Kier molecular flexibility index (Phi) is 3.47. The standard InChI is InChI=1S/C15H10BrClN2O2/c1-8-18-12-4-2-3-10(15(20)21)14(12)19(8)13-6-5-9(17)7-11(13)16/h2-7H,1H3,(H,20,21). The lowest BCUT2D eigenvalue weighted by Crippen LogP contribution is -2.04. The Morgan fingerprint density at radius 2 is 2.10 bits per heavy atom. The highest BCUT2D eigenvalue weighted by molar-refractivity contribution is 9.10. The van der Waals surface area contributed by atoms with Gasteiger partial charge >= 0.3 is 5.97 Å². The Bertz CT molecular complexity index is 873. The molecule has 0 unspecified atom stereocenters. The molecule has 0 aliphatic carbocycles. The second-order valence-electron chi connectivity index (χ2n) is 4.57. The Morgan fingerprint density at radius 3 is 2.76 bits per heavy atom. The fourth-order valence-electron chi connectivity index (χ4n) is 2.37. The van der Waals surface area contributed by atoms with Gasteiger partial charge in [-0.2, -0.15) is 0 Å². The van der Waals surface area contributed by atoms with Crippen molar-refractivity contribution in [2.45, 2.75) is 6.92 Å². The van der Waals surface area contributed by atoms with E-state index >= 15 is 0 Å². The number of benzene rings is 2. The van der Waals surface area contributed by atoms with Crippen molar-refractivity contribution in [2.75, 3.05) is 0 Å². The van der Waals surface area contributed by atoms with Crippen LogP contribution in [0.5, 0.6) is 0 Å². The SMILES string of the molecule is Cc1nc2cccc(C(=O)O)c2n1-c1ccc(Cl)cc1Br. The number of carboxylic acid groups (broad SMARTS) is 1. The summed E-state index contributed by atoms with van der Waals surface area (Å²) < 4.78 is 2.59. The molecule has 2 aromatic carbocycles. The van der Waals surface area contributed by atoms with E-state index in [1.807, 2.05) is 17.6 Å². The maximum absolute atomic E-state index is 11.5. The summed E-state index contributed by atoms with van der Waals surface area (Å²) in [5.74, 6) is -0.270. The maximum Gasteiger partial charge on any atom is 0.337 e. The molecule has 0 fully saturated rings. The molecule has 4 nitrogen and oxygen atoms in total. The van der Waals surface area contributed by atoms with Crippen LogP contribution in [0.4, 0.5) is 0 Å². The Morgan fingerprint density at radius 1 is 1.33 bits per heavy atom. The fourth-order valence-corrected chi connectivity index (χ4v) is 3.23. The summed E-state index contributed by atoms with van der Waals surface area (Å²) in [6.45, 7) is 1.84. The Hall–Kier alpha value is -1.85. The number of hydrogen-bond acceptors (Lipinski definition) is 2. The highest BCUT2D eigenvalue weighted by Gasteiger charge is 2.18. The number of carbonyl (C=O) groups is 1. The van der Waals surface area contributed by atoms with E-state index in [2.05, 4.69) is 20.9 Å². The number of rotatable bonds is 2. The van der Waals surface area contributed by atoms with E-state index in [4.69, 9.17) is 11.6 Å². The van der Waals surface area contributed by atoms with Gasteiger partial charge in [-0.15, -0.1) is 0 Å². The summed E-state index contributed by atoms with van der Waals surface area (Å²) >= 11 is 9.44. The number of imidazole rings is 1. The average molecular weight is 366 g/mol. The van der Waals surface area contributed by atoms with Gasteiger partial charge in [0.15, 0.2) is 0 Å². The normalized spacial score (nSPS) is 11.0.